The van der Waals surface area contributed by atoms with Crippen molar-refractivity contribution in [3.8, 4) is 0 Å². The molecular weight excluding hydrogens is 262 g/mol. The van der Waals surface area contributed by atoms with Gasteiger partial charge < -0.3 is 10.8 Å². The fourth-order valence-electron chi connectivity index (χ4n) is 2.29. The number of hydrogen-bond acceptors (Lipinski definition) is 2. The van der Waals surface area contributed by atoms with Gasteiger partial charge in [0, 0.05) is 0 Å². The maximum absolute atomic E-state index is 10.5. The van der Waals surface area contributed by atoms with Gasteiger partial charge in [0.1, 0.15) is 6.34 Å². The Morgan fingerprint density at radius 1 is 1.24 bits per heavy atom. The molecule has 21 heavy (non-hydrogen) atoms. The van der Waals surface area contributed by atoms with Crippen LogP contribution in [0.2, 0.25) is 0 Å². The summed E-state index contributed by atoms with van der Waals surface area (Å²) in [5.41, 5.74) is 6.24. The number of nitrogens with two attached hydrogens (primary N) is 1. The number of hydrogen-bond donors (Lipinski definition) is 2. The molecule has 0 heterocycles. The minimum absolute atomic E-state index is 0.205. The van der Waals surface area contributed by atoms with Crippen molar-refractivity contribution >= 4 is 12.7 Å². The SMILES string of the molecule is CC(CC(N=CN=CN)C(O)C(C)(C)C)c1ccccc1. The average Bonchev–Trinajstić information content (AvgIpc) is 2.45. The molecule has 116 valence electrons. The summed E-state index contributed by atoms with van der Waals surface area (Å²) < 4.78 is 0. The zero-order chi connectivity index (χ0) is 15.9. The number of rotatable bonds is 6. The van der Waals surface area contributed by atoms with Gasteiger partial charge in [-0.25, -0.2) is 4.99 Å². The minimum Gasteiger partial charge on any atom is -0.390 e. The van der Waals surface area contributed by atoms with Crippen molar-refractivity contribution in [3.63, 3.8) is 0 Å². The van der Waals surface area contributed by atoms with Gasteiger partial charge in [-0.3, -0.25) is 4.99 Å². The Kier molecular flexibility index (Phi) is 6.56. The smallest absolute Gasteiger partial charge is 0.112 e. The highest BCUT2D eigenvalue weighted by Gasteiger charge is 2.31. The van der Waals surface area contributed by atoms with Crippen LogP contribution in [-0.2, 0) is 0 Å². The Hall–Kier alpha value is -1.68. The van der Waals surface area contributed by atoms with Crippen LogP contribution in [0.5, 0.6) is 0 Å². The fraction of sp³-hybridized carbons (Fsp3) is 0.529. The third-order valence-corrected chi connectivity index (χ3v) is 3.63. The van der Waals surface area contributed by atoms with Crippen LogP contribution in [-0.4, -0.2) is 29.9 Å². The Balaban J connectivity index is 2.86. The summed E-state index contributed by atoms with van der Waals surface area (Å²) in [5.74, 6) is 0.312. The van der Waals surface area contributed by atoms with Gasteiger partial charge >= 0.3 is 0 Å². The molecule has 0 fully saturated rings. The first-order valence-electron chi connectivity index (χ1n) is 7.34. The second kappa shape index (κ2) is 7.93. The van der Waals surface area contributed by atoms with Crippen LogP contribution in [0, 0.1) is 5.41 Å². The molecular formula is C17H27N3O. The molecule has 0 aliphatic heterocycles. The zero-order valence-corrected chi connectivity index (χ0v) is 13.4. The number of benzene rings is 1. The molecule has 0 bridgehead atoms. The van der Waals surface area contributed by atoms with Crippen molar-refractivity contribution in [2.24, 2.45) is 21.1 Å². The molecule has 0 aromatic heterocycles. The summed E-state index contributed by atoms with van der Waals surface area (Å²) in [7, 11) is 0. The van der Waals surface area contributed by atoms with Gasteiger partial charge in [-0.05, 0) is 23.3 Å². The third kappa shape index (κ3) is 5.68. The Morgan fingerprint density at radius 3 is 2.38 bits per heavy atom. The number of aliphatic hydroxyl groups excluding tert-OH is 1. The van der Waals surface area contributed by atoms with Crippen LogP contribution in [0.15, 0.2) is 40.3 Å². The first kappa shape index (κ1) is 17.4. The van der Waals surface area contributed by atoms with E-state index in [9.17, 15) is 5.11 Å². The fourth-order valence-corrected chi connectivity index (χ4v) is 2.29. The lowest BCUT2D eigenvalue weighted by Crippen LogP contribution is -2.37. The molecule has 1 aromatic carbocycles. The molecule has 0 aliphatic carbocycles. The van der Waals surface area contributed by atoms with Crippen LogP contribution >= 0.6 is 0 Å². The lowest BCUT2D eigenvalue weighted by molar-refractivity contribution is 0.0375. The van der Waals surface area contributed by atoms with Gasteiger partial charge in [-0.15, -0.1) is 0 Å². The molecule has 0 saturated heterocycles. The molecule has 0 amide bonds. The van der Waals surface area contributed by atoms with Gasteiger partial charge in [-0.1, -0.05) is 58.0 Å². The van der Waals surface area contributed by atoms with E-state index in [1.54, 1.807) is 0 Å². The molecule has 0 radical (unpaired) electrons. The standard InChI is InChI=1S/C17H27N3O/c1-13(14-8-6-5-7-9-14)10-15(20-12-19-11-18)16(21)17(2,3)4/h5-9,11-13,15-16,21H,10H2,1-4H3,(H2,18,19,20). The molecule has 4 nitrogen and oxygen atoms in total. The largest absolute Gasteiger partial charge is 0.390 e. The predicted octanol–water partition coefficient (Wildman–Crippen LogP) is 2.97. The van der Waals surface area contributed by atoms with E-state index >= 15 is 0 Å². The second-order valence-corrected chi connectivity index (χ2v) is 6.49. The summed E-state index contributed by atoms with van der Waals surface area (Å²) in [4.78, 5) is 8.20. The Labute approximate surface area is 127 Å². The Morgan fingerprint density at radius 2 is 1.86 bits per heavy atom. The monoisotopic (exact) mass is 289 g/mol. The summed E-state index contributed by atoms with van der Waals surface area (Å²) in [6.45, 7) is 8.19. The van der Waals surface area contributed by atoms with E-state index in [0.717, 1.165) is 6.42 Å². The first-order valence-corrected chi connectivity index (χ1v) is 7.34. The predicted molar refractivity (Wildman–Crippen MR) is 89.9 cm³/mol. The van der Waals surface area contributed by atoms with Crippen molar-refractivity contribution in [1.82, 2.24) is 0 Å². The lowest BCUT2D eigenvalue weighted by atomic mass is 9.81. The summed E-state index contributed by atoms with van der Waals surface area (Å²) in [6.07, 6.45) is 2.86. The van der Waals surface area contributed by atoms with Crippen molar-refractivity contribution < 1.29 is 5.11 Å². The van der Waals surface area contributed by atoms with E-state index in [1.807, 2.05) is 39.0 Å². The van der Waals surface area contributed by atoms with Crippen LogP contribution in [0.4, 0.5) is 0 Å². The molecule has 0 saturated carbocycles. The Bertz CT molecular complexity index is 463. The van der Waals surface area contributed by atoms with E-state index in [-0.39, 0.29) is 11.5 Å². The molecule has 1 aromatic rings. The maximum atomic E-state index is 10.5. The van der Waals surface area contributed by atoms with Crippen molar-refractivity contribution in [2.75, 3.05) is 0 Å². The normalized spacial score (nSPS) is 17.2. The van der Waals surface area contributed by atoms with Gasteiger partial charge in [0.25, 0.3) is 0 Å². The number of aliphatic imine (C=N–C) groups is 2. The lowest BCUT2D eigenvalue weighted by Gasteiger charge is -2.32. The van der Waals surface area contributed by atoms with Crippen LogP contribution in [0.1, 0.15) is 45.6 Å². The molecule has 0 aliphatic rings. The van der Waals surface area contributed by atoms with Crippen molar-refractivity contribution in [3.05, 3.63) is 35.9 Å². The topological polar surface area (TPSA) is 71.0 Å². The summed E-state index contributed by atoms with van der Waals surface area (Å²) in [6, 6.07) is 10.1. The molecule has 0 spiro atoms. The van der Waals surface area contributed by atoms with Gasteiger partial charge in [-0.2, -0.15) is 0 Å². The van der Waals surface area contributed by atoms with E-state index in [1.165, 1.54) is 18.2 Å². The quantitative estimate of drug-likeness (QED) is 0.624. The minimum atomic E-state index is -0.534. The third-order valence-electron chi connectivity index (χ3n) is 3.63. The van der Waals surface area contributed by atoms with Crippen molar-refractivity contribution in [1.29, 1.82) is 0 Å². The van der Waals surface area contributed by atoms with Gasteiger partial charge in [0.15, 0.2) is 0 Å². The van der Waals surface area contributed by atoms with Crippen LogP contribution in [0.3, 0.4) is 0 Å². The second-order valence-electron chi connectivity index (χ2n) is 6.49. The highest BCUT2D eigenvalue weighted by molar-refractivity contribution is 5.69. The number of aliphatic hydroxyl groups is 1. The molecule has 3 atom stereocenters. The van der Waals surface area contributed by atoms with Crippen LogP contribution < -0.4 is 5.73 Å². The van der Waals surface area contributed by atoms with E-state index in [2.05, 4.69) is 29.0 Å². The highest BCUT2D eigenvalue weighted by Crippen LogP contribution is 2.29. The van der Waals surface area contributed by atoms with Gasteiger partial charge in [0.2, 0.25) is 0 Å². The highest BCUT2D eigenvalue weighted by atomic mass is 16.3. The van der Waals surface area contributed by atoms with E-state index in [4.69, 9.17) is 5.73 Å². The maximum Gasteiger partial charge on any atom is 0.112 e. The van der Waals surface area contributed by atoms with Crippen molar-refractivity contribution in [2.45, 2.75) is 52.2 Å². The summed E-state index contributed by atoms with van der Waals surface area (Å²) >= 11 is 0. The molecule has 3 N–H and O–H groups in total. The zero-order valence-electron chi connectivity index (χ0n) is 13.4. The van der Waals surface area contributed by atoms with E-state index < -0.39 is 6.10 Å². The molecule has 1 rings (SSSR count). The summed E-state index contributed by atoms with van der Waals surface area (Å²) in [5, 5.41) is 10.5. The van der Waals surface area contributed by atoms with Gasteiger partial charge in [0.05, 0.1) is 18.5 Å². The first-order chi connectivity index (χ1) is 9.86. The molecule has 3 unspecified atom stereocenters. The average molecular weight is 289 g/mol. The number of nitrogens with zero attached hydrogens (tertiary/aromatic N) is 2. The van der Waals surface area contributed by atoms with Crippen LogP contribution in [0.25, 0.3) is 0 Å². The molecule has 4 heteroatoms. The van der Waals surface area contributed by atoms with E-state index in [0.29, 0.717) is 5.92 Å².